The second-order valence-corrected chi connectivity index (χ2v) is 34.3. The zero-order valence-electron chi connectivity index (χ0n) is 68.7. The van der Waals surface area contributed by atoms with Gasteiger partial charge in [0.2, 0.25) is 0 Å². The molecule has 0 aromatic rings. The van der Waals surface area contributed by atoms with Crippen molar-refractivity contribution in [2.24, 2.45) is 17.8 Å². The first-order chi connectivity index (χ1) is 50.8. The zero-order valence-corrected chi connectivity index (χ0v) is 70.5. The van der Waals surface area contributed by atoms with Crippen LogP contribution in [0.5, 0.6) is 0 Å². The van der Waals surface area contributed by atoms with E-state index in [0.717, 1.165) is 121 Å². The Labute approximate surface area is 643 Å². The van der Waals surface area contributed by atoms with Gasteiger partial charge in [-0.05, 0) is 69.1 Å². The first-order valence-corrected chi connectivity index (χ1v) is 46.7. The van der Waals surface area contributed by atoms with Crippen LogP contribution in [0.1, 0.15) is 427 Å². The first kappa shape index (κ1) is 103. The predicted octanol–water partition coefficient (Wildman–Crippen LogP) is 25.6. The molecule has 0 saturated heterocycles. The maximum Gasteiger partial charge on any atom is 0.472 e. The standard InChI is InChI=1S/C86H164O17P2/c1-8-10-11-12-13-14-15-16-23-31-36-41-46-55-62-70-86(91)103-82(74-97-84(89)68-61-54-49-48-51-58-65-78(5)6)76-101-105(94,95)99-72-80(87)71-98-104(92,93)100-75-81(102-85(90)69-63-56-47-42-37-32-27-22-21-24-28-33-38-43-50-57-64-77(3)4)73-96-83(88)67-60-53-45-40-35-30-26-20-18-17-19-25-29-34-39-44-52-59-66-79(7)9-2/h14-16,23,77-82,87H,8-13,17-22,24-76H2,1-7H3,(H,92,93)(H,94,95)/b15-14-,23-16-/t79?,80-,81-,82-/m1/s1. The van der Waals surface area contributed by atoms with Gasteiger partial charge in [0.25, 0.3) is 0 Å². The first-order valence-electron chi connectivity index (χ1n) is 43.7. The quantitative estimate of drug-likeness (QED) is 0.0169. The smallest absolute Gasteiger partial charge is 0.462 e. The molecule has 6 atom stereocenters. The Morgan fingerprint density at radius 3 is 0.848 bits per heavy atom. The number of phosphoric acid groups is 2. The number of aliphatic hydroxyl groups is 1. The van der Waals surface area contributed by atoms with Crippen LogP contribution in [0.15, 0.2) is 24.3 Å². The number of esters is 4. The van der Waals surface area contributed by atoms with E-state index in [1.165, 1.54) is 218 Å². The van der Waals surface area contributed by atoms with E-state index in [-0.39, 0.29) is 25.7 Å². The Hall–Kier alpha value is -2.46. The number of hydrogen-bond acceptors (Lipinski definition) is 15. The molecule has 0 aromatic heterocycles. The number of ether oxygens (including phenoxy) is 4. The normalized spacial score (nSPS) is 14.3. The average molecular weight is 1530 g/mol. The second-order valence-electron chi connectivity index (χ2n) is 31.4. The minimum atomic E-state index is -4.97. The second kappa shape index (κ2) is 75.6. The SMILES string of the molecule is CCCCCC/C=C\C=C/CCCCCCCC(=O)O[C@H](COC(=O)CCCCCCCCC(C)C)COP(=O)(O)OC[C@H](O)COP(=O)(O)OC[C@@H](COC(=O)CCCCCCCCCCCCCCCCCCCCC(C)CC)OC(=O)CCCCCCCCCCCCCCCCCCC(C)C. The van der Waals surface area contributed by atoms with E-state index < -0.39 is 97.5 Å². The molecule has 0 heterocycles. The van der Waals surface area contributed by atoms with Gasteiger partial charge >= 0.3 is 39.5 Å². The highest BCUT2D eigenvalue weighted by atomic mass is 31.2. The molecule has 0 fully saturated rings. The Morgan fingerprint density at radius 2 is 0.562 bits per heavy atom. The van der Waals surface area contributed by atoms with Gasteiger partial charge < -0.3 is 33.8 Å². The van der Waals surface area contributed by atoms with Crippen molar-refractivity contribution in [3.05, 3.63) is 24.3 Å². The highest BCUT2D eigenvalue weighted by Gasteiger charge is 2.30. The minimum absolute atomic E-state index is 0.0840. The molecule has 3 N–H and O–H groups in total. The van der Waals surface area contributed by atoms with Crippen molar-refractivity contribution in [2.75, 3.05) is 39.6 Å². The lowest BCUT2D eigenvalue weighted by Crippen LogP contribution is -2.30. The van der Waals surface area contributed by atoms with E-state index in [4.69, 9.17) is 37.0 Å². The van der Waals surface area contributed by atoms with Gasteiger partial charge in [0.05, 0.1) is 26.4 Å². The third-order valence-corrected chi connectivity index (χ3v) is 21.8. The van der Waals surface area contributed by atoms with E-state index in [0.29, 0.717) is 31.6 Å². The number of carbonyl (C=O) groups is 4. The molecular formula is C86H164O17P2. The highest BCUT2D eigenvalue weighted by Crippen LogP contribution is 2.45. The van der Waals surface area contributed by atoms with Crippen LogP contribution in [0.4, 0.5) is 0 Å². The summed E-state index contributed by atoms with van der Waals surface area (Å²) in [6, 6.07) is 0. The maximum absolute atomic E-state index is 13.1. The fourth-order valence-electron chi connectivity index (χ4n) is 12.8. The highest BCUT2D eigenvalue weighted by molar-refractivity contribution is 7.47. The van der Waals surface area contributed by atoms with Gasteiger partial charge in [0.15, 0.2) is 12.2 Å². The number of carbonyl (C=O) groups excluding carboxylic acids is 4. The number of phosphoric ester groups is 2. The largest absolute Gasteiger partial charge is 0.472 e. The minimum Gasteiger partial charge on any atom is -0.462 e. The summed E-state index contributed by atoms with van der Waals surface area (Å²) in [5.41, 5.74) is 0. The van der Waals surface area contributed by atoms with E-state index >= 15 is 0 Å². The molecule has 0 aliphatic rings. The average Bonchev–Trinajstić information content (AvgIpc) is 0.950. The van der Waals surface area contributed by atoms with Crippen LogP contribution in [0.25, 0.3) is 0 Å². The molecule has 0 aliphatic carbocycles. The van der Waals surface area contributed by atoms with Gasteiger partial charge in [-0.3, -0.25) is 37.3 Å². The van der Waals surface area contributed by atoms with Gasteiger partial charge in [-0.25, -0.2) is 9.13 Å². The van der Waals surface area contributed by atoms with Crippen molar-refractivity contribution in [1.82, 2.24) is 0 Å². The number of hydrogen-bond donors (Lipinski definition) is 3. The molecule has 0 amide bonds. The van der Waals surface area contributed by atoms with Crippen LogP contribution in [-0.2, 0) is 65.4 Å². The lowest BCUT2D eigenvalue weighted by atomic mass is 9.99. The summed E-state index contributed by atoms with van der Waals surface area (Å²) in [7, 11) is -9.94. The van der Waals surface area contributed by atoms with Gasteiger partial charge in [0, 0.05) is 25.7 Å². The molecule has 0 aromatic carbocycles. The molecule has 0 rings (SSSR count). The van der Waals surface area contributed by atoms with Crippen molar-refractivity contribution >= 4 is 39.5 Å². The molecule has 620 valence electrons. The summed E-state index contributed by atoms with van der Waals surface area (Å²) >= 11 is 0. The lowest BCUT2D eigenvalue weighted by Gasteiger charge is -2.21. The summed E-state index contributed by atoms with van der Waals surface area (Å²) in [6.45, 7) is 11.9. The molecule has 0 bridgehead atoms. The van der Waals surface area contributed by atoms with Crippen LogP contribution in [0.2, 0.25) is 0 Å². The van der Waals surface area contributed by atoms with E-state index in [2.05, 4.69) is 72.8 Å². The molecule has 3 unspecified atom stereocenters. The molecule has 0 spiro atoms. The van der Waals surface area contributed by atoms with Crippen LogP contribution in [0.3, 0.4) is 0 Å². The van der Waals surface area contributed by atoms with Crippen molar-refractivity contribution in [1.29, 1.82) is 0 Å². The summed E-state index contributed by atoms with van der Waals surface area (Å²) in [5.74, 6) is 0.218. The summed E-state index contributed by atoms with van der Waals surface area (Å²) in [5, 5.41) is 10.7. The van der Waals surface area contributed by atoms with Crippen molar-refractivity contribution in [3.63, 3.8) is 0 Å². The van der Waals surface area contributed by atoms with E-state index in [1.54, 1.807) is 0 Å². The monoisotopic (exact) mass is 1530 g/mol. The maximum atomic E-state index is 13.1. The van der Waals surface area contributed by atoms with Crippen molar-refractivity contribution in [3.8, 4) is 0 Å². The van der Waals surface area contributed by atoms with Gasteiger partial charge in [-0.15, -0.1) is 0 Å². The van der Waals surface area contributed by atoms with Crippen LogP contribution in [0, 0.1) is 17.8 Å². The zero-order chi connectivity index (χ0) is 77.2. The number of unbranched alkanes of at least 4 members (excludes halogenated alkanes) is 46. The molecule has 0 saturated carbocycles. The van der Waals surface area contributed by atoms with Crippen molar-refractivity contribution < 1.29 is 80.2 Å². The topological polar surface area (TPSA) is 237 Å². The number of allylic oxidation sites excluding steroid dienone is 4. The Balaban J connectivity index is 5.23. The molecular weight excluding hydrogens is 1370 g/mol. The molecule has 19 heteroatoms. The van der Waals surface area contributed by atoms with E-state index in [1.807, 2.05) is 0 Å². The van der Waals surface area contributed by atoms with Gasteiger partial charge in [-0.1, -0.05) is 375 Å². The molecule has 0 radical (unpaired) electrons. The number of aliphatic hydroxyl groups excluding tert-OH is 1. The van der Waals surface area contributed by atoms with Crippen molar-refractivity contribution in [2.45, 2.75) is 446 Å². The van der Waals surface area contributed by atoms with Crippen LogP contribution < -0.4 is 0 Å². The van der Waals surface area contributed by atoms with E-state index in [9.17, 15) is 43.2 Å². The molecule has 105 heavy (non-hydrogen) atoms. The summed E-state index contributed by atoms with van der Waals surface area (Å²) < 4.78 is 68.8. The Kier molecular flexibility index (Phi) is 73.8. The third-order valence-electron chi connectivity index (χ3n) is 19.9. The molecule has 17 nitrogen and oxygen atoms in total. The predicted molar refractivity (Wildman–Crippen MR) is 432 cm³/mol. The van der Waals surface area contributed by atoms with Gasteiger partial charge in [0.1, 0.15) is 19.3 Å². The summed E-state index contributed by atoms with van der Waals surface area (Å²) in [4.78, 5) is 73.1. The lowest BCUT2D eigenvalue weighted by molar-refractivity contribution is -0.161. The Morgan fingerprint density at radius 1 is 0.314 bits per heavy atom. The number of rotatable bonds is 82. The third kappa shape index (κ3) is 78.0. The Bertz CT molecular complexity index is 2120. The fraction of sp³-hybridized carbons (Fsp3) is 0.907. The summed E-state index contributed by atoms with van der Waals surface area (Å²) in [6.07, 6.45) is 69.1. The molecule has 0 aliphatic heterocycles. The fourth-order valence-corrected chi connectivity index (χ4v) is 14.4. The van der Waals surface area contributed by atoms with Crippen LogP contribution in [-0.4, -0.2) is 96.7 Å². The van der Waals surface area contributed by atoms with Crippen LogP contribution >= 0.6 is 15.6 Å². The van der Waals surface area contributed by atoms with Gasteiger partial charge in [-0.2, -0.15) is 0 Å².